The zero-order valence-electron chi connectivity index (χ0n) is 21.5. The van der Waals surface area contributed by atoms with Gasteiger partial charge in [-0.2, -0.15) is 0 Å². The summed E-state index contributed by atoms with van der Waals surface area (Å²) in [6, 6.07) is -2.35. The maximum absolute atomic E-state index is 11.2. The smallest absolute Gasteiger partial charge is 0.176 e. The van der Waals surface area contributed by atoms with Crippen LogP contribution >= 0.6 is 0 Å². The van der Waals surface area contributed by atoms with E-state index in [0.717, 1.165) is 0 Å². The highest BCUT2D eigenvalue weighted by molar-refractivity contribution is 5.00. The zero-order chi connectivity index (χ0) is 27.4. The molecule has 3 heterocycles. The van der Waals surface area contributed by atoms with Crippen LogP contribution in [-0.4, -0.2) is 168 Å². The van der Waals surface area contributed by atoms with Crippen LogP contribution in [0.25, 0.3) is 0 Å². The van der Waals surface area contributed by atoms with Crippen LogP contribution in [0, 0.1) is 0 Å². The van der Waals surface area contributed by atoms with Crippen LogP contribution in [0.15, 0.2) is 0 Å². The van der Waals surface area contributed by atoms with Gasteiger partial charge in [-0.3, -0.25) is 0 Å². The lowest BCUT2D eigenvalue weighted by molar-refractivity contribution is -0.346. The van der Waals surface area contributed by atoms with Crippen molar-refractivity contribution in [2.24, 2.45) is 0 Å². The SMILES string of the molecule is CNC1[C@H](O[C@@H]2C(CO)O[C@@H](O[C@@H]3C(CO)O[C@@H](C)C(NC)[C@H]3O)C(NC)[C@H]2O)OC(CO)[C@@H](O)[C@@H]1O. The molecule has 10 N–H and O–H groups in total. The second-order valence-electron chi connectivity index (χ2n) is 9.62. The number of hydrogen-bond donors (Lipinski definition) is 10. The lowest BCUT2D eigenvalue weighted by Gasteiger charge is -2.50. The van der Waals surface area contributed by atoms with Gasteiger partial charge in [0.1, 0.15) is 54.9 Å². The molecular formula is C22H43N3O12. The number of hydrogen-bond acceptors (Lipinski definition) is 15. The first-order chi connectivity index (χ1) is 17.7. The quantitative estimate of drug-likeness (QED) is 0.124. The van der Waals surface area contributed by atoms with Crippen molar-refractivity contribution < 1.29 is 59.4 Å². The van der Waals surface area contributed by atoms with Crippen molar-refractivity contribution >= 4 is 0 Å². The summed E-state index contributed by atoms with van der Waals surface area (Å²) < 4.78 is 29.4. The maximum Gasteiger partial charge on any atom is 0.176 e. The summed E-state index contributed by atoms with van der Waals surface area (Å²) in [7, 11) is 4.73. The molecular weight excluding hydrogens is 498 g/mol. The van der Waals surface area contributed by atoms with Crippen molar-refractivity contribution in [1.29, 1.82) is 0 Å². The molecule has 0 aliphatic carbocycles. The van der Waals surface area contributed by atoms with Crippen LogP contribution in [0.2, 0.25) is 0 Å². The molecule has 0 saturated carbocycles. The van der Waals surface area contributed by atoms with Crippen molar-refractivity contribution in [2.45, 2.75) is 98.7 Å². The van der Waals surface area contributed by atoms with Crippen LogP contribution < -0.4 is 16.0 Å². The molecule has 15 atom stereocenters. The first-order valence-electron chi connectivity index (χ1n) is 12.5. The zero-order valence-corrected chi connectivity index (χ0v) is 21.5. The molecule has 0 aromatic carbocycles. The highest BCUT2D eigenvalue weighted by Gasteiger charge is 2.53. The van der Waals surface area contributed by atoms with Crippen molar-refractivity contribution in [3.63, 3.8) is 0 Å². The van der Waals surface area contributed by atoms with E-state index in [9.17, 15) is 35.7 Å². The van der Waals surface area contributed by atoms with Gasteiger partial charge in [0.05, 0.1) is 44.1 Å². The van der Waals surface area contributed by atoms with E-state index in [1.807, 2.05) is 0 Å². The summed E-state index contributed by atoms with van der Waals surface area (Å²) >= 11 is 0. The number of likely N-dealkylation sites (N-methyl/N-ethyl adjacent to an activating group) is 3. The fraction of sp³-hybridized carbons (Fsp3) is 1.00. The van der Waals surface area contributed by atoms with Crippen LogP contribution in [0.4, 0.5) is 0 Å². The lowest BCUT2D eigenvalue weighted by atomic mass is 9.92. The highest BCUT2D eigenvalue weighted by atomic mass is 16.7. The van der Waals surface area contributed by atoms with E-state index in [0.29, 0.717) is 0 Å². The third kappa shape index (κ3) is 6.26. The Hall–Kier alpha value is -0.600. The normalized spacial score (nSPS) is 49.2. The molecule has 0 spiro atoms. The molecule has 3 saturated heterocycles. The standard InChI is InChI=1S/C22H43N3O12/c1-8-12(23-2)17(31)19(10(6-27)33-8)36-22-14(25-4)18(32)20(11(7-28)35-22)37-21-13(24-3)16(30)15(29)9(5-26)34-21/h8-32H,5-7H2,1-4H3/t8-,9?,10?,11?,12?,13?,14?,15+,16+,17+,18+,19+,20+,21-,22-/m0/s1. The first-order valence-corrected chi connectivity index (χ1v) is 12.5. The van der Waals surface area contributed by atoms with Crippen molar-refractivity contribution in [3.05, 3.63) is 0 Å². The fourth-order valence-corrected chi connectivity index (χ4v) is 5.33. The first kappa shape index (κ1) is 30.9. The average molecular weight is 542 g/mol. The molecule has 3 aliphatic heterocycles. The second kappa shape index (κ2) is 13.6. The van der Waals surface area contributed by atoms with E-state index in [1.165, 1.54) is 7.05 Å². The van der Waals surface area contributed by atoms with Gasteiger partial charge in [-0.05, 0) is 28.1 Å². The topological polar surface area (TPSA) is 224 Å². The van der Waals surface area contributed by atoms with Gasteiger partial charge in [0, 0.05) is 0 Å². The average Bonchev–Trinajstić information content (AvgIpc) is 2.89. The molecule has 3 fully saturated rings. The van der Waals surface area contributed by atoms with Gasteiger partial charge in [-0.1, -0.05) is 0 Å². The van der Waals surface area contributed by atoms with Gasteiger partial charge in [-0.15, -0.1) is 0 Å². The van der Waals surface area contributed by atoms with Crippen molar-refractivity contribution in [3.8, 4) is 0 Å². The highest BCUT2D eigenvalue weighted by Crippen LogP contribution is 2.32. The van der Waals surface area contributed by atoms with Gasteiger partial charge in [0.25, 0.3) is 0 Å². The van der Waals surface area contributed by atoms with Gasteiger partial charge in [0.15, 0.2) is 12.6 Å². The molecule has 0 aromatic heterocycles. The minimum atomic E-state index is -1.38. The summed E-state index contributed by atoms with van der Waals surface area (Å²) in [4.78, 5) is 0. The number of aliphatic hydroxyl groups is 7. The number of ether oxygens (including phenoxy) is 5. The molecule has 0 bridgehead atoms. The van der Waals surface area contributed by atoms with E-state index in [-0.39, 0.29) is 0 Å². The molecule has 218 valence electrons. The van der Waals surface area contributed by atoms with Gasteiger partial charge in [-0.25, -0.2) is 0 Å². The number of aliphatic hydroxyl groups excluding tert-OH is 7. The Morgan fingerprint density at radius 3 is 1.43 bits per heavy atom. The van der Waals surface area contributed by atoms with Gasteiger partial charge in [0.2, 0.25) is 0 Å². The summed E-state index contributed by atoms with van der Waals surface area (Å²) in [5.74, 6) is 0. The molecule has 0 radical (unpaired) electrons. The third-order valence-electron chi connectivity index (χ3n) is 7.46. The Balaban J connectivity index is 1.79. The van der Waals surface area contributed by atoms with Gasteiger partial charge < -0.3 is 75.4 Å². The largest absolute Gasteiger partial charge is 0.394 e. The van der Waals surface area contributed by atoms with E-state index < -0.39 is 112 Å². The van der Waals surface area contributed by atoms with Gasteiger partial charge >= 0.3 is 0 Å². The van der Waals surface area contributed by atoms with E-state index in [4.69, 9.17) is 23.7 Å². The second-order valence-corrected chi connectivity index (χ2v) is 9.62. The fourth-order valence-electron chi connectivity index (χ4n) is 5.33. The Bertz CT molecular complexity index is 697. The number of rotatable bonds is 10. The molecule has 0 aromatic rings. The molecule has 15 heteroatoms. The van der Waals surface area contributed by atoms with Crippen LogP contribution in [0.1, 0.15) is 6.92 Å². The van der Waals surface area contributed by atoms with Crippen LogP contribution in [0.3, 0.4) is 0 Å². The monoisotopic (exact) mass is 541 g/mol. The summed E-state index contributed by atoms with van der Waals surface area (Å²) in [5, 5.41) is 80.9. The summed E-state index contributed by atoms with van der Waals surface area (Å²) in [6.45, 7) is 0.155. The molecule has 3 aliphatic rings. The van der Waals surface area contributed by atoms with Crippen molar-refractivity contribution in [2.75, 3.05) is 41.0 Å². The minimum Gasteiger partial charge on any atom is -0.394 e. The Morgan fingerprint density at radius 2 is 0.973 bits per heavy atom. The predicted octanol–water partition coefficient (Wildman–Crippen LogP) is -5.82. The van der Waals surface area contributed by atoms with Crippen LogP contribution in [0.5, 0.6) is 0 Å². The third-order valence-corrected chi connectivity index (χ3v) is 7.46. The minimum absolute atomic E-state index is 0.412. The van der Waals surface area contributed by atoms with Crippen LogP contribution in [-0.2, 0) is 23.7 Å². The predicted molar refractivity (Wildman–Crippen MR) is 125 cm³/mol. The molecule has 6 unspecified atom stereocenters. The summed E-state index contributed by atoms with van der Waals surface area (Å²) in [6.07, 6.45) is -13.3. The maximum atomic E-state index is 11.2. The Labute approximate surface area is 215 Å². The lowest BCUT2D eigenvalue weighted by Crippen LogP contribution is -2.69. The van der Waals surface area contributed by atoms with E-state index in [2.05, 4.69) is 16.0 Å². The number of nitrogens with one attached hydrogen (secondary N) is 3. The Kier molecular flexibility index (Phi) is 11.4. The summed E-state index contributed by atoms with van der Waals surface area (Å²) in [5.41, 5.74) is 0. The van der Waals surface area contributed by atoms with E-state index in [1.54, 1.807) is 21.0 Å². The molecule has 0 amide bonds. The van der Waals surface area contributed by atoms with E-state index >= 15 is 0 Å². The molecule has 15 nitrogen and oxygen atoms in total. The Morgan fingerprint density at radius 1 is 0.568 bits per heavy atom. The molecule has 37 heavy (non-hydrogen) atoms. The van der Waals surface area contributed by atoms with Crippen molar-refractivity contribution in [1.82, 2.24) is 16.0 Å². The molecule has 3 rings (SSSR count).